The SMILES string of the molecule is O=C1C(=O)c2c(nc3cnccn23)-c2ncccc21. The van der Waals surface area contributed by atoms with Crippen LogP contribution in [0.15, 0.2) is 36.9 Å². The predicted molar refractivity (Wildman–Crippen MR) is 64.9 cm³/mol. The highest BCUT2D eigenvalue weighted by Gasteiger charge is 2.35. The molecule has 1 aliphatic carbocycles. The average Bonchev–Trinajstić information content (AvgIpc) is 2.84. The van der Waals surface area contributed by atoms with Gasteiger partial charge in [0.25, 0.3) is 5.78 Å². The Morgan fingerprint density at radius 3 is 2.84 bits per heavy atom. The van der Waals surface area contributed by atoms with Gasteiger partial charge in [0.15, 0.2) is 5.65 Å². The highest BCUT2D eigenvalue weighted by atomic mass is 16.2. The minimum atomic E-state index is -0.561. The van der Waals surface area contributed by atoms with E-state index in [-0.39, 0.29) is 5.69 Å². The van der Waals surface area contributed by atoms with Gasteiger partial charge in [0.2, 0.25) is 5.78 Å². The molecule has 0 N–H and O–H groups in total. The van der Waals surface area contributed by atoms with Gasteiger partial charge < -0.3 is 0 Å². The first-order valence-electron chi connectivity index (χ1n) is 5.64. The lowest BCUT2D eigenvalue weighted by Crippen LogP contribution is -2.23. The van der Waals surface area contributed by atoms with Gasteiger partial charge in [-0.1, -0.05) is 0 Å². The molecular formula is C13H6N4O2. The van der Waals surface area contributed by atoms with Crippen LogP contribution in [0, 0.1) is 0 Å². The Hall–Kier alpha value is -2.89. The van der Waals surface area contributed by atoms with E-state index in [2.05, 4.69) is 15.0 Å². The van der Waals surface area contributed by atoms with Crippen molar-refractivity contribution in [3.05, 3.63) is 48.2 Å². The maximum atomic E-state index is 12.2. The molecule has 6 nitrogen and oxygen atoms in total. The van der Waals surface area contributed by atoms with E-state index in [1.165, 1.54) is 0 Å². The van der Waals surface area contributed by atoms with Gasteiger partial charge in [-0.25, -0.2) is 4.98 Å². The molecule has 4 rings (SSSR count). The van der Waals surface area contributed by atoms with E-state index in [1.54, 1.807) is 41.3 Å². The maximum Gasteiger partial charge on any atom is 0.252 e. The third kappa shape index (κ3) is 1.17. The van der Waals surface area contributed by atoms with Crippen LogP contribution in [0.1, 0.15) is 20.8 Å². The fourth-order valence-electron chi connectivity index (χ4n) is 2.30. The summed E-state index contributed by atoms with van der Waals surface area (Å²) in [5, 5.41) is 0. The highest BCUT2D eigenvalue weighted by molar-refractivity contribution is 6.52. The number of rotatable bonds is 0. The number of pyridine rings is 1. The van der Waals surface area contributed by atoms with Crippen LogP contribution in [-0.2, 0) is 0 Å². The van der Waals surface area contributed by atoms with Crippen molar-refractivity contribution in [2.75, 3.05) is 0 Å². The van der Waals surface area contributed by atoms with Gasteiger partial charge in [0.1, 0.15) is 17.1 Å². The van der Waals surface area contributed by atoms with Crippen molar-refractivity contribution in [1.29, 1.82) is 0 Å². The van der Waals surface area contributed by atoms with E-state index in [1.807, 2.05) is 0 Å². The summed E-state index contributed by atoms with van der Waals surface area (Å²) in [7, 11) is 0. The molecule has 3 aromatic heterocycles. The topological polar surface area (TPSA) is 77.2 Å². The third-order valence-electron chi connectivity index (χ3n) is 3.13. The molecule has 3 aromatic rings. The second-order valence-electron chi connectivity index (χ2n) is 4.17. The summed E-state index contributed by atoms with van der Waals surface area (Å²) < 4.78 is 1.57. The van der Waals surface area contributed by atoms with E-state index >= 15 is 0 Å². The van der Waals surface area contributed by atoms with Crippen molar-refractivity contribution in [3.63, 3.8) is 0 Å². The number of carbonyl (C=O) groups is 2. The van der Waals surface area contributed by atoms with Crippen molar-refractivity contribution in [2.45, 2.75) is 0 Å². The van der Waals surface area contributed by atoms with E-state index in [9.17, 15) is 9.59 Å². The predicted octanol–water partition coefficient (Wildman–Crippen LogP) is 1.17. The summed E-state index contributed by atoms with van der Waals surface area (Å²) >= 11 is 0. The van der Waals surface area contributed by atoms with Gasteiger partial charge in [-0.15, -0.1) is 0 Å². The number of aromatic nitrogens is 4. The Morgan fingerprint density at radius 2 is 1.95 bits per heavy atom. The van der Waals surface area contributed by atoms with Gasteiger partial charge in [-0.05, 0) is 12.1 Å². The molecule has 3 heterocycles. The Kier molecular flexibility index (Phi) is 1.76. The van der Waals surface area contributed by atoms with Crippen molar-refractivity contribution in [3.8, 4) is 11.4 Å². The first-order valence-corrected chi connectivity index (χ1v) is 5.64. The van der Waals surface area contributed by atoms with E-state index < -0.39 is 11.6 Å². The van der Waals surface area contributed by atoms with Crippen molar-refractivity contribution in [1.82, 2.24) is 19.4 Å². The van der Waals surface area contributed by atoms with Gasteiger partial charge >= 0.3 is 0 Å². The molecule has 0 radical (unpaired) electrons. The molecule has 0 amide bonds. The monoisotopic (exact) mass is 250 g/mol. The molecule has 90 valence electrons. The number of ketones is 2. The molecule has 19 heavy (non-hydrogen) atoms. The van der Waals surface area contributed by atoms with Crippen LogP contribution in [0.5, 0.6) is 0 Å². The van der Waals surface area contributed by atoms with Crippen LogP contribution < -0.4 is 0 Å². The van der Waals surface area contributed by atoms with Crippen LogP contribution in [0.25, 0.3) is 17.0 Å². The first kappa shape index (κ1) is 10.1. The number of hydrogen-bond donors (Lipinski definition) is 0. The molecule has 0 atom stereocenters. The number of Topliss-reactive ketones (excluding diaryl/α,β-unsaturated/α-hetero) is 2. The van der Waals surface area contributed by atoms with Gasteiger partial charge in [0.05, 0.1) is 11.8 Å². The third-order valence-corrected chi connectivity index (χ3v) is 3.13. The molecular weight excluding hydrogens is 244 g/mol. The molecule has 0 spiro atoms. The number of imidazole rings is 1. The Balaban J connectivity index is 2.20. The largest absolute Gasteiger partial charge is 0.293 e. The molecule has 0 unspecified atom stereocenters. The van der Waals surface area contributed by atoms with E-state index in [4.69, 9.17) is 0 Å². The molecule has 0 saturated heterocycles. The Morgan fingerprint density at radius 1 is 1.05 bits per heavy atom. The van der Waals surface area contributed by atoms with E-state index in [0.717, 1.165) is 0 Å². The summed E-state index contributed by atoms with van der Waals surface area (Å²) in [5.41, 5.74) is 1.97. The first-order chi connectivity index (χ1) is 9.27. The Labute approximate surface area is 106 Å². The van der Waals surface area contributed by atoms with Crippen LogP contribution in [0.2, 0.25) is 0 Å². The lowest BCUT2D eigenvalue weighted by molar-refractivity contribution is 0.0811. The smallest absolute Gasteiger partial charge is 0.252 e. The van der Waals surface area contributed by atoms with Crippen molar-refractivity contribution in [2.24, 2.45) is 0 Å². The van der Waals surface area contributed by atoms with Crippen LogP contribution in [0.3, 0.4) is 0 Å². The normalized spacial score (nSPS) is 13.5. The fourth-order valence-corrected chi connectivity index (χ4v) is 2.30. The fraction of sp³-hybridized carbons (Fsp3) is 0. The lowest BCUT2D eigenvalue weighted by atomic mass is 9.94. The summed E-state index contributed by atoms with van der Waals surface area (Å²) in [6.45, 7) is 0. The minimum absolute atomic E-state index is 0.258. The quantitative estimate of drug-likeness (QED) is 0.560. The summed E-state index contributed by atoms with van der Waals surface area (Å²) in [6.07, 6.45) is 6.27. The summed E-state index contributed by atoms with van der Waals surface area (Å²) in [5.74, 6) is -1.11. The second-order valence-corrected chi connectivity index (χ2v) is 4.17. The van der Waals surface area contributed by atoms with Crippen LogP contribution in [0.4, 0.5) is 0 Å². The average molecular weight is 250 g/mol. The minimum Gasteiger partial charge on any atom is -0.293 e. The number of fused-ring (bicyclic) bond motifs is 5. The van der Waals surface area contributed by atoms with Crippen molar-refractivity contribution >= 4 is 17.2 Å². The molecule has 0 aliphatic heterocycles. The molecule has 1 aliphatic rings. The zero-order chi connectivity index (χ0) is 13.0. The second kappa shape index (κ2) is 3.32. The molecule has 0 aromatic carbocycles. The highest BCUT2D eigenvalue weighted by Crippen LogP contribution is 2.31. The summed E-state index contributed by atoms with van der Waals surface area (Å²) in [6, 6.07) is 3.22. The van der Waals surface area contributed by atoms with Crippen LogP contribution in [-0.4, -0.2) is 30.9 Å². The zero-order valence-corrected chi connectivity index (χ0v) is 9.57. The number of carbonyl (C=O) groups excluding carboxylic acids is 2. The lowest BCUT2D eigenvalue weighted by Gasteiger charge is -2.11. The molecule has 6 heteroatoms. The van der Waals surface area contributed by atoms with E-state index in [0.29, 0.717) is 22.6 Å². The van der Waals surface area contributed by atoms with Gasteiger partial charge in [-0.3, -0.25) is 24.0 Å². The standard InChI is InChI=1S/C13H6N4O2/c18-12-7-2-1-3-15-9(7)10-11(13(12)19)17-5-4-14-6-8(17)16-10/h1-6H. The van der Waals surface area contributed by atoms with Crippen molar-refractivity contribution < 1.29 is 9.59 Å². The summed E-state index contributed by atoms with van der Waals surface area (Å²) in [4.78, 5) is 36.7. The zero-order valence-electron chi connectivity index (χ0n) is 9.57. The number of nitrogens with zero attached hydrogens (tertiary/aromatic N) is 4. The van der Waals surface area contributed by atoms with Gasteiger partial charge in [0, 0.05) is 18.6 Å². The molecule has 0 bridgehead atoms. The number of hydrogen-bond acceptors (Lipinski definition) is 5. The molecule has 0 fully saturated rings. The maximum absolute atomic E-state index is 12.2. The molecule has 0 saturated carbocycles. The van der Waals surface area contributed by atoms with Crippen LogP contribution >= 0.6 is 0 Å². The Bertz CT molecular complexity index is 866. The van der Waals surface area contributed by atoms with Gasteiger partial charge in [-0.2, -0.15) is 0 Å².